The molecule has 0 saturated carbocycles. The van der Waals surface area contributed by atoms with Crippen LogP contribution in [0.15, 0.2) is 0 Å². The van der Waals surface area contributed by atoms with Gasteiger partial charge in [0.05, 0.1) is 6.61 Å². The van der Waals surface area contributed by atoms with E-state index in [-0.39, 0.29) is 18.7 Å². The average molecular weight is 297 g/mol. The third-order valence-corrected chi connectivity index (χ3v) is 4.94. The Morgan fingerprint density at radius 1 is 1.29 bits per heavy atom. The largest absolute Gasteiger partial charge is 0.479 e. The molecule has 3 saturated heterocycles. The van der Waals surface area contributed by atoms with Gasteiger partial charge in [-0.2, -0.15) is 0 Å². The van der Waals surface area contributed by atoms with E-state index in [1.165, 1.54) is 19.4 Å². The Labute approximate surface area is 124 Å². The van der Waals surface area contributed by atoms with Crippen molar-refractivity contribution in [3.8, 4) is 0 Å². The van der Waals surface area contributed by atoms with Crippen molar-refractivity contribution in [3.63, 3.8) is 0 Å². The highest BCUT2D eigenvalue weighted by Crippen LogP contribution is 2.27. The van der Waals surface area contributed by atoms with E-state index < -0.39 is 11.5 Å². The first-order chi connectivity index (χ1) is 10.1. The maximum absolute atomic E-state index is 12.1. The Morgan fingerprint density at radius 3 is 2.86 bits per heavy atom. The summed E-state index contributed by atoms with van der Waals surface area (Å²) in [5.74, 6) is -1.03. The van der Waals surface area contributed by atoms with Gasteiger partial charge in [-0.05, 0) is 32.2 Å². The van der Waals surface area contributed by atoms with Crippen molar-refractivity contribution in [2.45, 2.75) is 49.7 Å². The summed E-state index contributed by atoms with van der Waals surface area (Å²) in [6, 6.07) is 0.323. The number of amides is 2. The maximum atomic E-state index is 12.1. The van der Waals surface area contributed by atoms with Crippen molar-refractivity contribution in [2.75, 3.05) is 26.3 Å². The zero-order valence-electron chi connectivity index (χ0n) is 12.1. The maximum Gasteiger partial charge on any atom is 0.332 e. The molecule has 3 heterocycles. The Bertz CT molecular complexity index is 422. The molecule has 3 unspecified atom stereocenters. The first kappa shape index (κ1) is 14.6. The Morgan fingerprint density at radius 2 is 2.14 bits per heavy atom. The number of hydrogen-bond donors (Lipinski definition) is 3. The molecule has 3 N–H and O–H groups in total. The van der Waals surface area contributed by atoms with Gasteiger partial charge in [0.25, 0.3) is 0 Å². The summed E-state index contributed by atoms with van der Waals surface area (Å²) in [6.45, 7) is 2.59. The standard InChI is InChI=1S/C14H23N3O4/c18-12(19)14(4-7-21-9-14)16-13(20)15-10-3-6-17-5-1-2-11(17)8-10/h10-11H,1-9H2,(H,18,19)(H2,15,16,20). The van der Waals surface area contributed by atoms with Gasteiger partial charge >= 0.3 is 12.0 Å². The number of urea groups is 1. The molecule has 3 rings (SSSR count). The summed E-state index contributed by atoms with van der Waals surface area (Å²) in [5.41, 5.74) is -1.27. The number of fused-ring (bicyclic) bond motifs is 1. The highest BCUT2D eigenvalue weighted by Gasteiger charge is 2.44. The number of carboxylic acids is 1. The fraction of sp³-hybridized carbons (Fsp3) is 0.857. The molecular formula is C14H23N3O4. The van der Waals surface area contributed by atoms with Crippen LogP contribution < -0.4 is 10.6 Å². The van der Waals surface area contributed by atoms with Crippen molar-refractivity contribution < 1.29 is 19.4 Å². The summed E-state index contributed by atoms with van der Waals surface area (Å²) < 4.78 is 5.14. The molecule has 0 aromatic heterocycles. The highest BCUT2D eigenvalue weighted by molar-refractivity contribution is 5.86. The molecule has 0 aliphatic carbocycles. The molecule has 3 aliphatic heterocycles. The minimum absolute atomic E-state index is 0.0385. The number of piperidine rings is 1. The van der Waals surface area contributed by atoms with Crippen LogP contribution in [-0.2, 0) is 9.53 Å². The third kappa shape index (κ3) is 2.98. The number of hydrogen-bond acceptors (Lipinski definition) is 4. The first-order valence-electron chi connectivity index (χ1n) is 7.73. The fourth-order valence-corrected chi connectivity index (χ4v) is 3.68. The van der Waals surface area contributed by atoms with Crippen LogP contribution in [0, 0.1) is 0 Å². The predicted octanol–water partition coefficient (Wildman–Crippen LogP) is 0.156. The second kappa shape index (κ2) is 5.81. The van der Waals surface area contributed by atoms with Gasteiger partial charge in [0, 0.05) is 31.7 Å². The second-order valence-corrected chi connectivity index (χ2v) is 6.34. The van der Waals surface area contributed by atoms with Gasteiger partial charge in [-0.25, -0.2) is 9.59 Å². The van der Waals surface area contributed by atoms with Crippen LogP contribution in [0.4, 0.5) is 4.79 Å². The van der Waals surface area contributed by atoms with Gasteiger partial charge in [-0.15, -0.1) is 0 Å². The fourth-order valence-electron chi connectivity index (χ4n) is 3.68. The molecule has 3 atom stereocenters. The third-order valence-electron chi connectivity index (χ3n) is 4.94. The van der Waals surface area contributed by atoms with E-state index in [4.69, 9.17) is 4.74 Å². The van der Waals surface area contributed by atoms with Gasteiger partial charge in [0.15, 0.2) is 5.54 Å². The van der Waals surface area contributed by atoms with E-state index in [1.807, 2.05) is 0 Å². The lowest BCUT2D eigenvalue weighted by Gasteiger charge is -2.35. The number of carboxylic acid groups (broad SMARTS) is 1. The van der Waals surface area contributed by atoms with Crippen molar-refractivity contribution >= 4 is 12.0 Å². The molecule has 7 nitrogen and oxygen atoms in total. The van der Waals surface area contributed by atoms with Crippen molar-refractivity contribution in [2.24, 2.45) is 0 Å². The molecule has 0 radical (unpaired) electrons. The molecule has 0 aromatic rings. The molecule has 0 spiro atoms. The zero-order valence-corrected chi connectivity index (χ0v) is 12.1. The predicted molar refractivity (Wildman–Crippen MR) is 75.1 cm³/mol. The first-order valence-corrected chi connectivity index (χ1v) is 7.73. The quantitative estimate of drug-likeness (QED) is 0.690. The number of aliphatic carboxylic acids is 1. The van der Waals surface area contributed by atoms with E-state index in [0.717, 1.165) is 19.4 Å². The van der Waals surface area contributed by atoms with Gasteiger partial charge in [-0.1, -0.05) is 0 Å². The van der Waals surface area contributed by atoms with Crippen LogP contribution in [0.5, 0.6) is 0 Å². The number of carbonyl (C=O) groups is 2. The van der Waals surface area contributed by atoms with Gasteiger partial charge < -0.3 is 25.4 Å². The summed E-state index contributed by atoms with van der Waals surface area (Å²) in [6.07, 6.45) is 4.65. The van der Waals surface area contributed by atoms with E-state index in [2.05, 4.69) is 15.5 Å². The Balaban J connectivity index is 1.53. The number of nitrogens with one attached hydrogen (secondary N) is 2. The van der Waals surface area contributed by atoms with Gasteiger partial charge in [0.1, 0.15) is 0 Å². The lowest BCUT2D eigenvalue weighted by molar-refractivity contribution is -0.144. The molecule has 3 aliphatic rings. The van der Waals surface area contributed by atoms with Crippen LogP contribution in [0.3, 0.4) is 0 Å². The number of carbonyl (C=O) groups excluding carboxylic acids is 1. The van der Waals surface area contributed by atoms with Crippen molar-refractivity contribution in [3.05, 3.63) is 0 Å². The van der Waals surface area contributed by atoms with E-state index in [9.17, 15) is 14.7 Å². The van der Waals surface area contributed by atoms with Crippen LogP contribution >= 0.6 is 0 Å². The number of nitrogens with zero attached hydrogens (tertiary/aromatic N) is 1. The van der Waals surface area contributed by atoms with E-state index in [0.29, 0.717) is 19.1 Å². The van der Waals surface area contributed by atoms with Crippen LogP contribution in [0.25, 0.3) is 0 Å². The van der Waals surface area contributed by atoms with Gasteiger partial charge in [0.2, 0.25) is 0 Å². The number of rotatable bonds is 3. The highest BCUT2D eigenvalue weighted by atomic mass is 16.5. The van der Waals surface area contributed by atoms with Crippen LogP contribution in [0.2, 0.25) is 0 Å². The molecule has 7 heteroatoms. The molecule has 2 amide bonds. The Kier molecular flexibility index (Phi) is 4.03. The molecule has 21 heavy (non-hydrogen) atoms. The monoisotopic (exact) mass is 297 g/mol. The lowest BCUT2D eigenvalue weighted by Crippen LogP contribution is -2.60. The minimum atomic E-state index is -1.27. The SMILES string of the molecule is O=C(NC1CCN2CCCC2C1)NC1(C(=O)O)CCOC1. The summed E-state index contributed by atoms with van der Waals surface area (Å²) in [5, 5.41) is 14.9. The second-order valence-electron chi connectivity index (χ2n) is 6.34. The average Bonchev–Trinajstić information content (AvgIpc) is 3.07. The zero-order chi connectivity index (χ0) is 14.9. The van der Waals surface area contributed by atoms with E-state index >= 15 is 0 Å². The molecule has 3 fully saturated rings. The lowest BCUT2D eigenvalue weighted by atomic mass is 9.97. The summed E-state index contributed by atoms with van der Waals surface area (Å²) in [4.78, 5) is 26.0. The van der Waals surface area contributed by atoms with Crippen molar-refractivity contribution in [1.29, 1.82) is 0 Å². The number of ether oxygens (including phenoxy) is 1. The molecular weight excluding hydrogens is 274 g/mol. The topological polar surface area (TPSA) is 90.9 Å². The minimum Gasteiger partial charge on any atom is -0.479 e. The van der Waals surface area contributed by atoms with Crippen LogP contribution in [0.1, 0.15) is 32.1 Å². The summed E-state index contributed by atoms with van der Waals surface area (Å²) in [7, 11) is 0. The summed E-state index contributed by atoms with van der Waals surface area (Å²) >= 11 is 0. The molecule has 118 valence electrons. The van der Waals surface area contributed by atoms with Crippen molar-refractivity contribution in [1.82, 2.24) is 15.5 Å². The molecule has 0 aromatic carbocycles. The Hall–Kier alpha value is -1.34. The van der Waals surface area contributed by atoms with Crippen LogP contribution in [-0.4, -0.2) is 65.9 Å². The van der Waals surface area contributed by atoms with E-state index in [1.54, 1.807) is 0 Å². The van der Waals surface area contributed by atoms with Gasteiger partial charge in [-0.3, -0.25) is 0 Å². The smallest absolute Gasteiger partial charge is 0.332 e. The molecule has 0 bridgehead atoms. The normalized spacial score (nSPS) is 36.2.